The van der Waals surface area contributed by atoms with Crippen LogP contribution in [-0.4, -0.2) is 28.3 Å². The summed E-state index contributed by atoms with van der Waals surface area (Å²) in [6.07, 6.45) is -3.61. The Morgan fingerprint density at radius 1 is 0.862 bits per heavy atom. The van der Waals surface area contributed by atoms with Gasteiger partial charge >= 0.3 is 6.18 Å². The summed E-state index contributed by atoms with van der Waals surface area (Å²) in [7, 11) is 0. The highest BCUT2D eigenvalue weighted by molar-refractivity contribution is 5.66. The van der Waals surface area contributed by atoms with Gasteiger partial charge in [-0.05, 0) is 61.4 Å². The highest BCUT2D eigenvalue weighted by Crippen LogP contribution is 2.29. The van der Waals surface area contributed by atoms with Gasteiger partial charge in [-0.2, -0.15) is 13.2 Å². The second kappa shape index (κ2) is 8.42. The second-order valence-electron chi connectivity index (χ2n) is 6.44. The Labute approximate surface area is 165 Å². The average Bonchev–Trinajstić information content (AvgIpc) is 2.69. The van der Waals surface area contributed by atoms with Crippen molar-refractivity contribution in [2.45, 2.75) is 20.0 Å². The molecule has 0 aliphatic heterocycles. The zero-order valence-corrected chi connectivity index (χ0v) is 15.8. The lowest BCUT2D eigenvalue weighted by Gasteiger charge is -2.13. The number of pyridine rings is 1. The van der Waals surface area contributed by atoms with Gasteiger partial charge in [-0.25, -0.2) is 9.37 Å². The van der Waals surface area contributed by atoms with E-state index in [1.165, 1.54) is 18.2 Å². The van der Waals surface area contributed by atoms with E-state index in [1.54, 1.807) is 12.1 Å². The minimum Gasteiger partial charge on any atom is -0.368 e. The van der Waals surface area contributed by atoms with Crippen LogP contribution in [0, 0.1) is 19.7 Å². The third-order valence-corrected chi connectivity index (χ3v) is 4.45. The van der Waals surface area contributed by atoms with E-state index in [2.05, 4.69) is 25.8 Å². The van der Waals surface area contributed by atoms with Crippen molar-refractivity contribution in [2.24, 2.45) is 0 Å². The van der Waals surface area contributed by atoms with Gasteiger partial charge in [-0.15, -0.1) is 10.2 Å². The fourth-order valence-corrected chi connectivity index (χ4v) is 2.69. The number of benzene rings is 1. The molecule has 3 aromatic rings. The van der Waals surface area contributed by atoms with Gasteiger partial charge in [0.2, 0.25) is 0 Å². The van der Waals surface area contributed by atoms with E-state index < -0.39 is 11.7 Å². The number of anilines is 2. The molecule has 0 saturated heterocycles. The number of aromatic nitrogens is 3. The van der Waals surface area contributed by atoms with Crippen LogP contribution in [0.2, 0.25) is 0 Å². The monoisotopic (exact) mass is 405 g/mol. The number of hydrogen-bond donors (Lipinski definition) is 2. The van der Waals surface area contributed by atoms with E-state index in [-0.39, 0.29) is 5.82 Å². The van der Waals surface area contributed by atoms with E-state index in [0.29, 0.717) is 30.4 Å². The predicted octanol–water partition coefficient (Wildman–Crippen LogP) is 4.84. The lowest BCUT2D eigenvalue weighted by molar-refractivity contribution is -0.137. The van der Waals surface area contributed by atoms with Gasteiger partial charge in [0.15, 0.2) is 5.82 Å². The van der Waals surface area contributed by atoms with Crippen LogP contribution >= 0.6 is 0 Å². The molecule has 0 radical (unpaired) electrons. The molecular weight excluding hydrogens is 386 g/mol. The van der Waals surface area contributed by atoms with Crippen LogP contribution in [0.15, 0.2) is 42.6 Å². The van der Waals surface area contributed by atoms with Crippen molar-refractivity contribution in [3.05, 3.63) is 65.1 Å². The number of nitrogens with one attached hydrogen (secondary N) is 2. The molecule has 0 aliphatic carbocycles. The van der Waals surface area contributed by atoms with E-state index in [0.717, 1.165) is 29.0 Å². The van der Waals surface area contributed by atoms with Crippen LogP contribution in [0.25, 0.3) is 11.3 Å². The fraction of sp³-hybridized carbons (Fsp3) is 0.250. The molecule has 0 amide bonds. The smallest absolute Gasteiger partial charge is 0.368 e. The first kappa shape index (κ1) is 20.5. The first-order chi connectivity index (χ1) is 13.8. The number of alkyl halides is 3. The summed E-state index contributed by atoms with van der Waals surface area (Å²) in [4.78, 5) is 3.76. The predicted molar refractivity (Wildman–Crippen MR) is 103 cm³/mol. The standard InChI is InChI=1S/C20H19F4N5/c1-12-13(2)19(29-28-18(12)14-3-6-16(21)7-4-14)26-10-9-25-17-8-5-15(11-27-17)20(22,23)24/h3-8,11H,9-10H2,1-2H3,(H,25,27)(H,26,29). The highest BCUT2D eigenvalue weighted by Gasteiger charge is 2.30. The molecule has 29 heavy (non-hydrogen) atoms. The maximum absolute atomic E-state index is 13.1. The van der Waals surface area contributed by atoms with Crippen LogP contribution in [0.4, 0.5) is 29.2 Å². The summed E-state index contributed by atoms with van der Waals surface area (Å²) in [5, 5.41) is 14.5. The Hall–Kier alpha value is -3.23. The van der Waals surface area contributed by atoms with Gasteiger partial charge in [0.25, 0.3) is 0 Å². The molecule has 0 aliphatic rings. The van der Waals surface area contributed by atoms with Gasteiger partial charge < -0.3 is 10.6 Å². The van der Waals surface area contributed by atoms with Crippen LogP contribution < -0.4 is 10.6 Å². The van der Waals surface area contributed by atoms with Crippen LogP contribution in [-0.2, 0) is 6.18 Å². The first-order valence-corrected chi connectivity index (χ1v) is 8.86. The number of nitrogens with zero attached hydrogens (tertiary/aromatic N) is 3. The first-order valence-electron chi connectivity index (χ1n) is 8.86. The van der Waals surface area contributed by atoms with E-state index in [1.807, 2.05) is 13.8 Å². The quantitative estimate of drug-likeness (QED) is 0.454. The Bertz CT molecular complexity index is 970. The summed E-state index contributed by atoms with van der Waals surface area (Å²) < 4.78 is 50.7. The average molecular weight is 405 g/mol. The van der Waals surface area contributed by atoms with Crippen molar-refractivity contribution >= 4 is 11.6 Å². The molecule has 0 spiro atoms. The highest BCUT2D eigenvalue weighted by atomic mass is 19.4. The van der Waals surface area contributed by atoms with Gasteiger partial charge in [-0.3, -0.25) is 0 Å². The minimum atomic E-state index is -4.40. The van der Waals surface area contributed by atoms with Crippen molar-refractivity contribution in [2.75, 3.05) is 23.7 Å². The van der Waals surface area contributed by atoms with Crippen molar-refractivity contribution < 1.29 is 17.6 Å². The molecule has 5 nitrogen and oxygen atoms in total. The lowest BCUT2D eigenvalue weighted by atomic mass is 10.0. The lowest BCUT2D eigenvalue weighted by Crippen LogP contribution is -2.16. The van der Waals surface area contributed by atoms with Crippen LogP contribution in [0.5, 0.6) is 0 Å². The van der Waals surface area contributed by atoms with Crippen LogP contribution in [0.3, 0.4) is 0 Å². The molecule has 3 rings (SSSR count). The molecular formula is C20H19F4N5. The van der Waals surface area contributed by atoms with Gasteiger partial charge in [0.05, 0.1) is 11.3 Å². The third kappa shape index (κ3) is 4.98. The topological polar surface area (TPSA) is 62.7 Å². The van der Waals surface area contributed by atoms with Crippen LogP contribution in [0.1, 0.15) is 16.7 Å². The Kier molecular flexibility index (Phi) is 5.95. The molecule has 2 aromatic heterocycles. The summed E-state index contributed by atoms with van der Waals surface area (Å²) in [6.45, 7) is 4.72. The number of hydrogen-bond acceptors (Lipinski definition) is 5. The van der Waals surface area contributed by atoms with E-state index >= 15 is 0 Å². The largest absolute Gasteiger partial charge is 0.417 e. The Morgan fingerprint density at radius 2 is 1.55 bits per heavy atom. The molecule has 0 saturated carbocycles. The minimum absolute atomic E-state index is 0.315. The Balaban J connectivity index is 1.58. The van der Waals surface area contributed by atoms with Crippen molar-refractivity contribution in [3.8, 4) is 11.3 Å². The van der Waals surface area contributed by atoms with Gasteiger partial charge in [0, 0.05) is 24.8 Å². The number of halogens is 4. The number of rotatable bonds is 6. The summed E-state index contributed by atoms with van der Waals surface area (Å²) >= 11 is 0. The Morgan fingerprint density at radius 3 is 2.17 bits per heavy atom. The molecule has 2 N–H and O–H groups in total. The third-order valence-electron chi connectivity index (χ3n) is 4.45. The summed E-state index contributed by atoms with van der Waals surface area (Å²) in [6, 6.07) is 8.32. The van der Waals surface area contributed by atoms with Crippen molar-refractivity contribution in [1.29, 1.82) is 0 Å². The molecule has 0 atom stereocenters. The summed E-state index contributed by atoms with van der Waals surface area (Å²) in [5.74, 6) is 0.644. The molecule has 2 heterocycles. The van der Waals surface area contributed by atoms with Gasteiger partial charge in [-0.1, -0.05) is 0 Å². The summed E-state index contributed by atoms with van der Waals surface area (Å²) in [5.41, 5.74) is 2.50. The maximum Gasteiger partial charge on any atom is 0.417 e. The normalized spacial score (nSPS) is 11.4. The second-order valence-corrected chi connectivity index (χ2v) is 6.44. The zero-order chi connectivity index (χ0) is 21.0. The molecule has 1 aromatic carbocycles. The zero-order valence-electron chi connectivity index (χ0n) is 15.8. The molecule has 0 fully saturated rings. The van der Waals surface area contributed by atoms with E-state index in [4.69, 9.17) is 0 Å². The van der Waals surface area contributed by atoms with Gasteiger partial charge in [0.1, 0.15) is 11.6 Å². The molecule has 152 valence electrons. The van der Waals surface area contributed by atoms with Crippen molar-refractivity contribution in [1.82, 2.24) is 15.2 Å². The molecule has 9 heteroatoms. The fourth-order valence-electron chi connectivity index (χ4n) is 2.69. The molecule has 0 bridgehead atoms. The molecule has 0 unspecified atom stereocenters. The SMILES string of the molecule is Cc1c(NCCNc2ccc(C(F)(F)F)cn2)nnc(-c2ccc(F)cc2)c1C. The van der Waals surface area contributed by atoms with E-state index in [9.17, 15) is 17.6 Å². The maximum atomic E-state index is 13.1. The van der Waals surface area contributed by atoms with Crippen molar-refractivity contribution in [3.63, 3.8) is 0 Å².